The molecule has 0 spiro atoms. The molecule has 3 N–H and O–H groups in total. The van der Waals surface area contributed by atoms with Gasteiger partial charge in [0.15, 0.2) is 9.84 Å². The molecule has 3 aromatic rings. The molecule has 0 atom stereocenters. The van der Waals surface area contributed by atoms with Gasteiger partial charge in [-0.3, -0.25) is 4.79 Å². The van der Waals surface area contributed by atoms with Gasteiger partial charge in [0.2, 0.25) is 0 Å². The van der Waals surface area contributed by atoms with Crippen LogP contribution in [0, 0.1) is 0 Å². The summed E-state index contributed by atoms with van der Waals surface area (Å²) in [6, 6.07) is 11.5. The molecule has 0 bridgehead atoms. The Hall–Kier alpha value is -2.64. The molecule has 26 heavy (non-hydrogen) atoms. The van der Waals surface area contributed by atoms with Crippen molar-refractivity contribution in [2.75, 3.05) is 18.6 Å². The van der Waals surface area contributed by atoms with E-state index in [0.717, 1.165) is 6.26 Å². The fourth-order valence-electron chi connectivity index (χ4n) is 2.84. The number of carbonyl (C=O) groups is 1. The zero-order valence-corrected chi connectivity index (χ0v) is 15.6. The van der Waals surface area contributed by atoms with E-state index < -0.39 is 15.7 Å². The van der Waals surface area contributed by atoms with Crippen LogP contribution in [0.5, 0.6) is 0 Å². The summed E-state index contributed by atoms with van der Waals surface area (Å²) in [5.74, 6) is -0.365. The van der Waals surface area contributed by atoms with Gasteiger partial charge in [0.1, 0.15) is 5.82 Å². The summed E-state index contributed by atoms with van der Waals surface area (Å²) in [5.41, 5.74) is 7.44. The molecule has 1 heterocycles. The number of primary amides is 1. The van der Waals surface area contributed by atoms with Crippen molar-refractivity contribution in [1.29, 1.82) is 0 Å². The molecular weight excluding hydrogens is 374 g/mol. The number of nitrogens with zero attached hydrogens (tertiary/aromatic N) is 1. The second-order valence-electron chi connectivity index (χ2n) is 5.79. The Balaban J connectivity index is 2.53. The van der Waals surface area contributed by atoms with Crippen LogP contribution in [0.1, 0.15) is 10.4 Å². The average Bonchev–Trinajstić information content (AvgIpc) is 2.58. The van der Waals surface area contributed by atoms with Crippen molar-refractivity contribution in [1.82, 2.24) is 4.98 Å². The molecule has 0 unspecified atom stereocenters. The number of sulfone groups is 1. The highest BCUT2D eigenvalue weighted by Crippen LogP contribution is 2.36. The van der Waals surface area contributed by atoms with E-state index in [1.165, 1.54) is 12.1 Å². The van der Waals surface area contributed by atoms with Crippen molar-refractivity contribution >= 4 is 44.1 Å². The predicted octanol–water partition coefficient (Wildman–Crippen LogP) is 3.10. The van der Waals surface area contributed by atoms with Crippen molar-refractivity contribution in [2.45, 2.75) is 4.90 Å². The van der Waals surface area contributed by atoms with Crippen LogP contribution in [0.25, 0.3) is 22.0 Å². The number of aromatic nitrogens is 1. The topological polar surface area (TPSA) is 102 Å². The largest absolute Gasteiger partial charge is 0.372 e. The zero-order chi connectivity index (χ0) is 19.1. The predicted molar refractivity (Wildman–Crippen MR) is 103 cm³/mol. The number of amides is 1. The highest BCUT2D eigenvalue weighted by Gasteiger charge is 2.21. The van der Waals surface area contributed by atoms with Crippen molar-refractivity contribution in [2.24, 2.45) is 5.73 Å². The van der Waals surface area contributed by atoms with Crippen LogP contribution in [-0.2, 0) is 9.84 Å². The molecular formula is C18H16ClN3O3S. The third-order valence-corrected chi connectivity index (χ3v) is 5.33. The van der Waals surface area contributed by atoms with E-state index in [4.69, 9.17) is 17.3 Å². The van der Waals surface area contributed by atoms with Gasteiger partial charge in [0.25, 0.3) is 5.91 Å². The van der Waals surface area contributed by atoms with Gasteiger partial charge in [-0.25, -0.2) is 13.4 Å². The monoisotopic (exact) mass is 389 g/mol. The standard InChI is InChI=1S/C18H16ClN3O3S/c1-21-18-16(17(20)23)15(10-4-3-5-11(19)8-10)13-9-12(26(2,24)25)6-7-14(13)22-18/h3-9H,1-2H3,(H2,20,23)(H,21,22). The second-order valence-corrected chi connectivity index (χ2v) is 8.24. The quantitative estimate of drug-likeness (QED) is 0.713. The normalized spacial score (nSPS) is 11.5. The summed E-state index contributed by atoms with van der Waals surface area (Å²) in [6.45, 7) is 0. The van der Waals surface area contributed by atoms with Gasteiger partial charge in [0, 0.05) is 29.3 Å². The maximum atomic E-state index is 12.2. The number of nitrogens with one attached hydrogen (secondary N) is 1. The number of carbonyl (C=O) groups excluding carboxylic acids is 1. The molecule has 6 nitrogen and oxygen atoms in total. The summed E-state index contributed by atoms with van der Waals surface area (Å²) < 4.78 is 23.9. The molecule has 8 heteroatoms. The van der Waals surface area contributed by atoms with Crippen LogP contribution >= 0.6 is 11.6 Å². The first-order chi connectivity index (χ1) is 12.2. The lowest BCUT2D eigenvalue weighted by atomic mass is 9.95. The molecule has 1 amide bonds. The molecule has 0 fully saturated rings. The fourth-order valence-corrected chi connectivity index (χ4v) is 3.68. The minimum atomic E-state index is -3.44. The SMILES string of the molecule is CNc1nc2ccc(S(C)(=O)=O)cc2c(-c2cccc(Cl)c2)c1C(N)=O. The van der Waals surface area contributed by atoms with E-state index in [9.17, 15) is 13.2 Å². The van der Waals surface area contributed by atoms with E-state index >= 15 is 0 Å². The van der Waals surface area contributed by atoms with Crippen LogP contribution in [0.3, 0.4) is 0 Å². The molecule has 0 aliphatic carbocycles. The van der Waals surface area contributed by atoms with Crippen LogP contribution in [-0.4, -0.2) is 32.6 Å². The van der Waals surface area contributed by atoms with E-state index in [1.807, 2.05) is 0 Å². The van der Waals surface area contributed by atoms with Gasteiger partial charge in [-0.2, -0.15) is 0 Å². The summed E-state index contributed by atoms with van der Waals surface area (Å²) in [4.78, 5) is 16.7. The number of hydrogen-bond donors (Lipinski definition) is 2. The summed E-state index contributed by atoms with van der Waals surface area (Å²) in [6.07, 6.45) is 1.12. The number of nitrogens with two attached hydrogens (primary N) is 1. The molecule has 0 saturated carbocycles. The Morgan fingerprint density at radius 2 is 1.92 bits per heavy atom. The first kappa shape index (κ1) is 18.2. The summed E-state index contributed by atoms with van der Waals surface area (Å²) in [5, 5.41) is 3.86. The third kappa shape index (κ3) is 3.23. The van der Waals surface area contributed by atoms with Gasteiger partial charge in [-0.05, 0) is 35.9 Å². The molecule has 0 saturated heterocycles. The van der Waals surface area contributed by atoms with Crippen LogP contribution in [0.4, 0.5) is 5.82 Å². The number of anilines is 1. The van der Waals surface area contributed by atoms with Gasteiger partial charge in [-0.1, -0.05) is 23.7 Å². The van der Waals surface area contributed by atoms with Gasteiger partial charge < -0.3 is 11.1 Å². The molecule has 0 aliphatic rings. The minimum absolute atomic E-state index is 0.128. The second kappa shape index (κ2) is 6.59. The van der Waals surface area contributed by atoms with Crippen molar-refractivity contribution < 1.29 is 13.2 Å². The van der Waals surface area contributed by atoms with Crippen LogP contribution < -0.4 is 11.1 Å². The molecule has 0 radical (unpaired) electrons. The maximum absolute atomic E-state index is 12.2. The van der Waals surface area contributed by atoms with Crippen molar-refractivity contribution in [3.63, 3.8) is 0 Å². The number of hydrogen-bond acceptors (Lipinski definition) is 5. The van der Waals surface area contributed by atoms with E-state index in [0.29, 0.717) is 32.9 Å². The van der Waals surface area contributed by atoms with Crippen molar-refractivity contribution in [3.8, 4) is 11.1 Å². The van der Waals surface area contributed by atoms with E-state index in [2.05, 4.69) is 10.3 Å². The number of rotatable bonds is 4. The van der Waals surface area contributed by atoms with E-state index in [1.54, 1.807) is 37.4 Å². The first-order valence-corrected chi connectivity index (χ1v) is 9.90. The lowest BCUT2D eigenvalue weighted by Crippen LogP contribution is -2.16. The summed E-state index contributed by atoms with van der Waals surface area (Å²) >= 11 is 6.11. The first-order valence-electron chi connectivity index (χ1n) is 7.63. The number of benzene rings is 2. The molecule has 2 aromatic carbocycles. The van der Waals surface area contributed by atoms with Crippen LogP contribution in [0.2, 0.25) is 5.02 Å². The van der Waals surface area contributed by atoms with Crippen molar-refractivity contribution in [3.05, 3.63) is 53.1 Å². The fraction of sp³-hybridized carbons (Fsp3) is 0.111. The molecule has 3 rings (SSSR count). The Labute approximate surface area is 155 Å². The Bertz CT molecular complexity index is 1140. The molecule has 134 valence electrons. The summed E-state index contributed by atoms with van der Waals surface area (Å²) in [7, 11) is -1.80. The number of fused-ring (bicyclic) bond motifs is 1. The molecule has 1 aromatic heterocycles. The highest BCUT2D eigenvalue weighted by atomic mass is 35.5. The molecule has 0 aliphatic heterocycles. The highest BCUT2D eigenvalue weighted by molar-refractivity contribution is 7.90. The van der Waals surface area contributed by atoms with Gasteiger partial charge >= 0.3 is 0 Å². The van der Waals surface area contributed by atoms with E-state index in [-0.39, 0.29) is 10.5 Å². The Morgan fingerprint density at radius 1 is 1.19 bits per heavy atom. The Kier molecular flexibility index (Phi) is 4.60. The Morgan fingerprint density at radius 3 is 2.50 bits per heavy atom. The smallest absolute Gasteiger partial charge is 0.253 e. The lowest BCUT2D eigenvalue weighted by Gasteiger charge is -2.16. The number of pyridine rings is 1. The van der Waals surface area contributed by atoms with Crippen LogP contribution in [0.15, 0.2) is 47.4 Å². The lowest BCUT2D eigenvalue weighted by molar-refractivity contribution is 0.100. The number of halogens is 1. The minimum Gasteiger partial charge on any atom is -0.372 e. The van der Waals surface area contributed by atoms with Gasteiger partial charge in [0.05, 0.1) is 16.0 Å². The zero-order valence-electron chi connectivity index (χ0n) is 14.1. The van der Waals surface area contributed by atoms with Gasteiger partial charge in [-0.15, -0.1) is 0 Å². The maximum Gasteiger partial charge on any atom is 0.253 e. The average molecular weight is 390 g/mol. The third-order valence-electron chi connectivity index (χ3n) is 3.98.